The Labute approximate surface area is 119 Å². The maximum absolute atomic E-state index is 6.46. The summed E-state index contributed by atoms with van der Waals surface area (Å²) < 4.78 is 6.46. The predicted molar refractivity (Wildman–Crippen MR) is 81.1 cm³/mol. The molecule has 0 spiro atoms. The molecular formula is C17H33NO. The summed E-state index contributed by atoms with van der Waals surface area (Å²) in [5.74, 6) is 0.790. The zero-order valence-electron chi connectivity index (χ0n) is 13.2. The summed E-state index contributed by atoms with van der Waals surface area (Å²) in [5, 5.41) is 0. The molecule has 2 nitrogen and oxygen atoms in total. The Morgan fingerprint density at radius 2 is 1.68 bits per heavy atom. The molecule has 4 unspecified atom stereocenters. The lowest BCUT2D eigenvalue weighted by atomic mass is 9.71. The molecule has 2 N–H and O–H groups in total. The van der Waals surface area contributed by atoms with Gasteiger partial charge < -0.3 is 10.5 Å². The van der Waals surface area contributed by atoms with E-state index in [-0.39, 0.29) is 6.04 Å². The van der Waals surface area contributed by atoms with Crippen molar-refractivity contribution in [2.75, 3.05) is 0 Å². The molecule has 112 valence electrons. The summed E-state index contributed by atoms with van der Waals surface area (Å²) in [7, 11) is 0. The van der Waals surface area contributed by atoms with Crippen molar-refractivity contribution in [3.8, 4) is 0 Å². The van der Waals surface area contributed by atoms with Crippen LogP contribution in [0.15, 0.2) is 0 Å². The maximum atomic E-state index is 6.46. The highest BCUT2D eigenvalue weighted by Crippen LogP contribution is 2.40. The van der Waals surface area contributed by atoms with E-state index in [4.69, 9.17) is 10.5 Å². The number of nitrogens with two attached hydrogens (primary N) is 1. The van der Waals surface area contributed by atoms with Gasteiger partial charge in [-0.3, -0.25) is 0 Å². The average molecular weight is 267 g/mol. The van der Waals surface area contributed by atoms with Crippen LogP contribution >= 0.6 is 0 Å². The zero-order chi connectivity index (χ0) is 13.9. The Hall–Kier alpha value is -0.0800. The van der Waals surface area contributed by atoms with Crippen molar-refractivity contribution in [1.29, 1.82) is 0 Å². The summed E-state index contributed by atoms with van der Waals surface area (Å²) in [6, 6.07) is 0.264. The number of hydrogen-bond donors (Lipinski definition) is 1. The van der Waals surface area contributed by atoms with Gasteiger partial charge in [0.1, 0.15) is 0 Å². The van der Waals surface area contributed by atoms with Gasteiger partial charge in [-0.25, -0.2) is 0 Å². The molecule has 0 aromatic rings. The van der Waals surface area contributed by atoms with E-state index >= 15 is 0 Å². The standard InChI is InChI=1S/C17H33NO/c1-13-10-14(12-17(2,3)11-13)19-16-9-7-5-4-6-8-15(16)18/h13-16H,4-12,18H2,1-3H3. The molecule has 0 radical (unpaired) electrons. The first-order chi connectivity index (χ1) is 8.96. The lowest BCUT2D eigenvalue weighted by Gasteiger charge is -2.41. The van der Waals surface area contributed by atoms with E-state index in [9.17, 15) is 0 Å². The van der Waals surface area contributed by atoms with Gasteiger partial charge in [0.15, 0.2) is 0 Å². The van der Waals surface area contributed by atoms with Crippen LogP contribution in [0.5, 0.6) is 0 Å². The summed E-state index contributed by atoms with van der Waals surface area (Å²) >= 11 is 0. The van der Waals surface area contributed by atoms with Crippen LogP contribution in [-0.2, 0) is 4.74 Å². The van der Waals surface area contributed by atoms with Crippen molar-refractivity contribution in [2.24, 2.45) is 17.1 Å². The van der Waals surface area contributed by atoms with Crippen LogP contribution in [0, 0.1) is 11.3 Å². The quantitative estimate of drug-likeness (QED) is 0.811. The highest BCUT2D eigenvalue weighted by molar-refractivity contribution is 4.85. The molecule has 2 aliphatic rings. The number of hydrogen-bond acceptors (Lipinski definition) is 2. The van der Waals surface area contributed by atoms with Gasteiger partial charge in [0, 0.05) is 6.04 Å². The Kier molecular flexibility index (Phi) is 5.30. The average Bonchev–Trinajstić information content (AvgIpc) is 2.26. The van der Waals surface area contributed by atoms with Crippen molar-refractivity contribution in [2.45, 2.75) is 96.8 Å². The number of ether oxygens (including phenoxy) is 1. The molecule has 2 fully saturated rings. The predicted octanol–water partition coefficient (Wildman–Crippen LogP) is 4.27. The van der Waals surface area contributed by atoms with E-state index in [0.717, 1.165) is 12.3 Å². The third-order valence-electron chi connectivity index (χ3n) is 4.97. The van der Waals surface area contributed by atoms with Gasteiger partial charge in [-0.05, 0) is 43.4 Å². The van der Waals surface area contributed by atoms with Gasteiger partial charge in [-0.15, -0.1) is 0 Å². The molecule has 19 heavy (non-hydrogen) atoms. The van der Waals surface area contributed by atoms with Gasteiger partial charge in [0.2, 0.25) is 0 Å². The third kappa shape index (κ3) is 4.75. The second-order valence-corrected chi connectivity index (χ2v) is 7.87. The Balaban J connectivity index is 1.90. The molecule has 2 rings (SSSR count). The van der Waals surface area contributed by atoms with Crippen LogP contribution in [-0.4, -0.2) is 18.2 Å². The van der Waals surface area contributed by atoms with Crippen LogP contribution < -0.4 is 5.73 Å². The van der Waals surface area contributed by atoms with Gasteiger partial charge in [0.25, 0.3) is 0 Å². The minimum Gasteiger partial charge on any atom is -0.373 e. The molecule has 4 atom stereocenters. The van der Waals surface area contributed by atoms with Crippen molar-refractivity contribution in [3.05, 3.63) is 0 Å². The third-order valence-corrected chi connectivity index (χ3v) is 4.97. The molecule has 0 aromatic carbocycles. The molecule has 0 heterocycles. The van der Waals surface area contributed by atoms with Crippen molar-refractivity contribution >= 4 is 0 Å². The van der Waals surface area contributed by atoms with Gasteiger partial charge in [-0.1, -0.05) is 46.5 Å². The van der Waals surface area contributed by atoms with Gasteiger partial charge in [-0.2, -0.15) is 0 Å². The van der Waals surface area contributed by atoms with Crippen LogP contribution in [0.3, 0.4) is 0 Å². The highest BCUT2D eigenvalue weighted by atomic mass is 16.5. The smallest absolute Gasteiger partial charge is 0.0729 e. The second kappa shape index (κ2) is 6.58. The molecule has 2 aliphatic carbocycles. The van der Waals surface area contributed by atoms with E-state index < -0.39 is 0 Å². The van der Waals surface area contributed by atoms with Crippen LogP contribution in [0.25, 0.3) is 0 Å². The van der Waals surface area contributed by atoms with Crippen LogP contribution in [0.2, 0.25) is 0 Å². The molecule has 0 amide bonds. The largest absolute Gasteiger partial charge is 0.373 e. The first kappa shape index (κ1) is 15.3. The van der Waals surface area contributed by atoms with E-state index in [1.54, 1.807) is 0 Å². The van der Waals surface area contributed by atoms with Crippen molar-refractivity contribution in [1.82, 2.24) is 0 Å². The zero-order valence-corrected chi connectivity index (χ0v) is 13.2. The molecular weight excluding hydrogens is 234 g/mol. The fourth-order valence-corrected chi connectivity index (χ4v) is 4.26. The van der Waals surface area contributed by atoms with Crippen molar-refractivity contribution in [3.63, 3.8) is 0 Å². The molecule has 0 aromatic heterocycles. The normalized spacial score (nSPS) is 40.4. The lowest BCUT2D eigenvalue weighted by Crippen LogP contribution is -2.42. The molecule has 0 bridgehead atoms. The SMILES string of the molecule is CC1CC(OC2CCCCCCC2N)CC(C)(C)C1. The maximum Gasteiger partial charge on any atom is 0.0729 e. The van der Waals surface area contributed by atoms with E-state index in [1.807, 2.05) is 0 Å². The first-order valence-electron chi connectivity index (χ1n) is 8.37. The van der Waals surface area contributed by atoms with E-state index in [0.29, 0.717) is 17.6 Å². The Morgan fingerprint density at radius 1 is 1.00 bits per heavy atom. The van der Waals surface area contributed by atoms with Gasteiger partial charge in [0.05, 0.1) is 12.2 Å². The molecule has 2 saturated carbocycles. The molecule has 0 saturated heterocycles. The lowest BCUT2D eigenvalue weighted by molar-refractivity contribution is -0.0790. The molecule has 0 aliphatic heterocycles. The number of rotatable bonds is 2. The van der Waals surface area contributed by atoms with Crippen LogP contribution in [0.1, 0.15) is 78.6 Å². The highest BCUT2D eigenvalue weighted by Gasteiger charge is 2.34. The van der Waals surface area contributed by atoms with Crippen LogP contribution in [0.4, 0.5) is 0 Å². The minimum atomic E-state index is 0.264. The van der Waals surface area contributed by atoms with E-state index in [2.05, 4.69) is 20.8 Å². The topological polar surface area (TPSA) is 35.2 Å². The summed E-state index contributed by atoms with van der Waals surface area (Å²) in [6.07, 6.45) is 12.1. The van der Waals surface area contributed by atoms with Gasteiger partial charge >= 0.3 is 0 Å². The fourth-order valence-electron chi connectivity index (χ4n) is 4.26. The van der Waals surface area contributed by atoms with E-state index in [1.165, 1.54) is 51.4 Å². The summed E-state index contributed by atoms with van der Waals surface area (Å²) in [6.45, 7) is 7.14. The monoisotopic (exact) mass is 267 g/mol. The summed E-state index contributed by atoms with van der Waals surface area (Å²) in [4.78, 5) is 0. The Morgan fingerprint density at radius 3 is 2.37 bits per heavy atom. The van der Waals surface area contributed by atoms with Crippen molar-refractivity contribution < 1.29 is 4.74 Å². The Bertz CT molecular complexity index is 276. The minimum absolute atomic E-state index is 0.264. The summed E-state index contributed by atoms with van der Waals surface area (Å²) in [5.41, 5.74) is 6.78. The molecule has 2 heteroatoms. The second-order valence-electron chi connectivity index (χ2n) is 7.87. The first-order valence-corrected chi connectivity index (χ1v) is 8.37. The fraction of sp³-hybridized carbons (Fsp3) is 1.00.